The smallest absolute Gasteiger partial charge is 0.255 e. The van der Waals surface area contributed by atoms with Gasteiger partial charge in [-0.1, -0.05) is 6.07 Å². The van der Waals surface area contributed by atoms with Crippen molar-refractivity contribution in [2.24, 2.45) is 0 Å². The number of nitrogens with zero attached hydrogens (tertiary/aromatic N) is 1. The second-order valence-electron chi connectivity index (χ2n) is 7.23. The van der Waals surface area contributed by atoms with E-state index in [-0.39, 0.29) is 18.3 Å². The maximum atomic E-state index is 12.6. The Hall–Kier alpha value is -2.04. The van der Waals surface area contributed by atoms with Crippen LogP contribution >= 0.6 is 12.4 Å². The number of carbonyl (C=O) groups excluding carboxylic acids is 1. The van der Waals surface area contributed by atoms with Gasteiger partial charge in [0, 0.05) is 30.3 Å². The average Bonchev–Trinajstić information content (AvgIpc) is 3.30. The van der Waals surface area contributed by atoms with Crippen molar-refractivity contribution in [2.45, 2.75) is 31.7 Å². The van der Waals surface area contributed by atoms with Crippen LogP contribution in [0.2, 0.25) is 0 Å². The van der Waals surface area contributed by atoms with E-state index < -0.39 is 0 Å². The predicted molar refractivity (Wildman–Crippen MR) is 105 cm³/mol. The number of fused-ring (bicyclic) bond motifs is 4. The monoisotopic (exact) mass is 370 g/mol. The Labute approximate surface area is 159 Å². The first-order valence-corrected chi connectivity index (χ1v) is 9.22. The van der Waals surface area contributed by atoms with Crippen molar-refractivity contribution < 1.29 is 9.53 Å². The summed E-state index contributed by atoms with van der Waals surface area (Å²) in [6, 6.07) is 12.7. The Balaban J connectivity index is 0.00000168. The summed E-state index contributed by atoms with van der Waals surface area (Å²) < 4.78 is 5.52. The lowest BCUT2D eigenvalue weighted by Gasteiger charge is -2.32. The summed E-state index contributed by atoms with van der Waals surface area (Å²) in [6.45, 7) is 3.08. The van der Waals surface area contributed by atoms with Crippen molar-refractivity contribution in [3.63, 3.8) is 0 Å². The minimum Gasteiger partial charge on any atom is -0.493 e. The molecule has 0 bridgehead atoms. The molecule has 3 aliphatic heterocycles. The van der Waals surface area contributed by atoms with Crippen molar-refractivity contribution >= 4 is 24.0 Å². The second-order valence-corrected chi connectivity index (χ2v) is 7.23. The second kappa shape index (κ2) is 6.93. The SMILES string of the molecule is Cl.O=C(Nc1ccc2c(c1)C1CCCN1CC2)c1ccc2c(c1)CCO2. The summed E-state index contributed by atoms with van der Waals surface area (Å²) in [7, 11) is 0. The van der Waals surface area contributed by atoms with Crippen LogP contribution in [-0.4, -0.2) is 30.5 Å². The number of carbonyl (C=O) groups is 1. The maximum absolute atomic E-state index is 12.6. The summed E-state index contributed by atoms with van der Waals surface area (Å²) in [6.07, 6.45) is 4.50. The number of halogens is 1. The molecule has 0 saturated carbocycles. The highest BCUT2D eigenvalue weighted by molar-refractivity contribution is 6.04. The van der Waals surface area contributed by atoms with E-state index in [0.29, 0.717) is 18.2 Å². The summed E-state index contributed by atoms with van der Waals surface area (Å²) in [5.41, 5.74) is 5.57. The first-order valence-electron chi connectivity index (χ1n) is 9.22. The lowest BCUT2D eigenvalue weighted by Crippen LogP contribution is -2.31. The molecule has 1 amide bonds. The van der Waals surface area contributed by atoms with Gasteiger partial charge in [0.15, 0.2) is 0 Å². The lowest BCUT2D eigenvalue weighted by molar-refractivity contribution is 0.102. The summed E-state index contributed by atoms with van der Waals surface area (Å²) in [4.78, 5) is 15.2. The van der Waals surface area contributed by atoms with Crippen LogP contribution in [0.15, 0.2) is 36.4 Å². The zero-order valence-corrected chi connectivity index (χ0v) is 15.5. The van der Waals surface area contributed by atoms with Crippen LogP contribution in [-0.2, 0) is 12.8 Å². The molecule has 3 aliphatic rings. The number of hydrogen-bond donors (Lipinski definition) is 1. The van der Waals surface area contributed by atoms with Gasteiger partial charge < -0.3 is 10.1 Å². The van der Waals surface area contributed by atoms with E-state index in [4.69, 9.17) is 4.74 Å². The van der Waals surface area contributed by atoms with Gasteiger partial charge in [-0.15, -0.1) is 12.4 Å². The molecule has 0 radical (unpaired) electrons. The van der Waals surface area contributed by atoms with Crippen molar-refractivity contribution in [1.82, 2.24) is 4.90 Å². The molecule has 2 aromatic carbocycles. The number of nitrogens with one attached hydrogen (secondary N) is 1. The molecule has 4 nitrogen and oxygen atoms in total. The van der Waals surface area contributed by atoms with E-state index in [1.807, 2.05) is 24.3 Å². The minimum absolute atomic E-state index is 0. The van der Waals surface area contributed by atoms with Crippen molar-refractivity contribution in [3.8, 4) is 5.75 Å². The molecule has 0 spiro atoms. The first kappa shape index (κ1) is 17.4. The summed E-state index contributed by atoms with van der Waals surface area (Å²) in [5, 5.41) is 3.08. The topological polar surface area (TPSA) is 41.6 Å². The van der Waals surface area contributed by atoms with Crippen LogP contribution < -0.4 is 10.1 Å². The summed E-state index contributed by atoms with van der Waals surface area (Å²) >= 11 is 0. The van der Waals surface area contributed by atoms with Crippen LogP contribution in [0.5, 0.6) is 5.75 Å². The van der Waals surface area contributed by atoms with Gasteiger partial charge in [0.1, 0.15) is 5.75 Å². The minimum atomic E-state index is -0.0475. The molecule has 1 saturated heterocycles. The van der Waals surface area contributed by atoms with Crippen LogP contribution in [0.4, 0.5) is 5.69 Å². The number of anilines is 1. The quantitative estimate of drug-likeness (QED) is 0.869. The van der Waals surface area contributed by atoms with Crippen molar-refractivity contribution in [2.75, 3.05) is 25.0 Å². The number of ether oxygens (including phenoxy) is 1. The zero-order chi connectivity index (χ0) is 16.8. The molecule has 1 atom stereocenters. The molecule has 26 heavy (non-hydrogen) atoms. The normalized spacial score (nSPS) is 20.4. The van der Waals surface area contributed by atoms with E-state index in [9.17, 15) is 4.79 Å². The fraction of sp³-hybridized carbons (Fsp3) is 0.381. The Morgan fingerprint density at radius 2 is 2.00 bits per heavy atom. The molecule has 1 fully saturated rings. The predicted octanol–water partition coefficient (Wildman–Crippen LogP) is 3.99. The van der Waals surface area contributed by atoms with Crippen molar-refractivity contribution in [3.05, 3.63) is 58.7 Å². The Morgan fingerprint density at radius 1 is 1.08 bits per heavy atom. The van der Waals surface area contributed by atoms with Crippen molar-refractivity contribution in [1.29, 1.82) is 0 Å². The van der Waals surface area contributed by atoms with Gasteiger partial charge in [-0.25, -0.2) is 0 Å². The van der Waals surface area contributed by atoms with Gasteiger partial charge in [0.05, 0.1) is 6.61 Å². The van der Waals surface area contributed by atoms with E-state index in [1.165, 1.54) is 37.1 Å². The molecule has 5 heteroatoms. The van der Waals surface area contributed by atoms with E-state index in [2.05, 4.69) is 22.3 Å². The van der Waals surface area contributed by atoms with E-state index >= 15 is 0 Å². The molecule has 5 rings (SSSR count). The zero-order valence-electron chi connectivity index (χ0n) is 14.7. The lowest BCUT2D eigenvalue weighted by atomic mass is 9.92. The molecular formula is C21H23ClN2O2. The van der Waals surface area contributed by atoms with Gasteiger partial charge >= 0.3 is 0 Å². The van der Waals surface area contributed by atoms with E-state index in [0.717, 1.165) is 29.8 Å². The largest absolute Gasteiger partial charge is 0.493 e. The Kier molecular flexibility index (Phi) is 4.63. The van der Waals surface area contributed by atoms with Gasteiger partial charge in [-0.05, 0) is 72.8 Å². The Bertz CT molecular complexity index is 852. The number of hydrogen-bond acceptors (Lipinski definition) is 3. The number of rotatable bonds is 2. The third-order valence-electron chi connectivity index (χ3n) is 5.75. The van der Waals surface area contributed by atoms with Gasteiger partial charge in [0.25, 0.3) is 5.91 Å². The molecule has 1 N–H and O–H groups in total. The highest BCUT2D eigenvalue weighted by Crippen LogP contribution is 2.38. The highest BCUT2D eigenvalue weighted by atomic mass is 35.5. The molecule has 2 aromatic rings. The van der Waals surface area contributed by atoms with Crippen LogP contribution in [0.1, 0.15) is 45.9 Å². The molecule has 1 unspecified atom stereocenters. The summed E-state index contributed by atoms with van der Waals surface area (Å²) in [5.74, 6) is 0.861. The average molecular weight is 371 g/mol. The fourth-order valence-corrected chi connectivity index (χ4v) is 4.45. The molecule has 0 aliphatic carbocycles. The standard InChI is InChI=1S/C21H22N2O2.ClH/c24-21(16-4-6-20-15(12-16)8-11-25-20)22-17-5-3-14-7-10-23-9-1-2-19(23)18(14)13-17;/h3-6,12-13,19H,1-2,7-11H2,(H,22,24);1H. The number of amides is 1. The van der Waals surface area contributed by atoms with Crippen LogP contribution in [0.3, 0.4) is 0 Å². The maximum Gasteiger partial charge on any atom is 0.255 e. The van der Waals surface area contributed by atoms with Crippen LogP contribution in [0.25, 0.3) is 0 Å². The van der Waals surface area contributed by atoms with E-state index in [1.54, 1.807) is 0 Å². The molecule has 3 heterocycles. The van der Waals surface area contributed by atoms with Gasteiger partial charge in [-0.2, -0.15) is 0 Å². The fourth-order valence-electron chi connectivity index (χ4n) is 4.45. The first-order chi connectivity index (χ1) is 12.3. The van der Waals surface area contributed by atoms with Crippen LogP contribution in [0, 0.1) is 0 Å². The van der Waals surface area contributed by atoms with Gasteiger partial charge in [-0.3, -0.25) is 9.69 Å². The third-order valence-corrected chi connectivity index (χ3v) is 5.75. The molecule has 0 aromatic heterocycles. The van der Waals surface area contributed by atoms with Gasteiger partial charge in [0.2, 0.25) is 0 Å². The number of benzene rings is 2. The highest BCUT2D eigenvalue weighted by Gasteiger charge is 2.31. The Morgan fingerprint density at radius 3 is 2.92 bits per heavy atom. The third kappa shape index (κ3) is 2.97. The molecular weight excluding hydrogens is 348 g/mol. The molecule has 136 valence electrons.